The summed E-state index contributed by atoms with van der Waals surface area (Å²) < 4.78 is 39.8. The summed E-state index contributed by atoms with van der Waals surface area (Å²) in [4.78, 5) is 10.7. The second-order valence-corrected chi connectivity index (χ2v) is 6.30. The Balaban J connectivity index is 3.14. The predicted octanol–water partition coefficient (Wildman–Crippen LogP) is 1.54. The van der Waals surface area contributed by atoms with Gasteiger partial charge in [-0.15, -0.1) is 0 Å². The van der Waals surface area contributed by atoms with Crippen molar-refractivity contribution in [3.8, 4) is 5.92 Å². The van der Waals surface area contributed by atoms with Gasteiger partial charge in [0.2, 0.25) is 10.0 Å². The van der Waals surface area contributed by atoms with Crippen LogP contribution in [0.15, 0.2) is 23.1 Å². The van der Waals surface area contributed by atoms with Gasteiger partial charge < -0.3 is 5.11 Å². The number of carboxylic acid groups (broad SMARTS) is 1. The predicted molar refractivity (Wildman–Crippen MR) is 73.8 cm³/mol. The van der Waals surface area contributed by atoms with E-state index in [1.165, 1.54) is 0 Å². The molecule has 0 aliphatic carbocycles. The fraction of sp³-hybridized carbons (Fsp3) is 0.357. The van der Waals surface area contributed by atoms with E-state index in [9.17, 15) is 17.6 Å². The van der Waals surface area contributed by atoms with E-state index in [4.69, 9.17) is 11.5 Å². The van der Waals surface area contributed by atoms with E-state index < -0.39 is 38.7 Å². The highest BCUT2D eigenvalue weighted by atomic mass is 32.2. The second-order valence-electron chi connectivity index (χ2n) is 4.59. The van der Waals surface area contributed by atoms with Crippen molar-refractivity contribution in [2.45, 2.75) is 31.2 Å². The Morgan fingerprint density at radius 3 is 2.57 bits per heavy atom. The lowest BCUT2D eigenvalue weighted by atomic mass is 10.0. The molecule has 0 amide bonds. The van der Waals surface area contributed by atoms with E-state index in [0.29, 0.717) is 6.42 Å². The van der Waals surface area contributed by atoms with E-state index >= 15 is 0 Å². The van der Waals surface area contributed by atoms with E-state index in [1.807, 2.05) is 5.92 Å². The molecule has 1 radical (unpaired) electrons. The quantitative estimate of drug-likeness (QED) is 0.781. The number of carbonyl (C=O) groups is 1. The lowest BCUT2D eigenvalue weighted by Crippen LogP contribution is -2.44. The highest BCUT2D eigenvalue weighted by Gasteiger charge is 2.29. The zero-order chi connectivity index (χ0) is 16.2. The van der Waals surface area contributed by atoms with Crippen LogP contribution in [0.25, 0.3) is 0 Å². The van der Waals surface area contributed by atoms with Gasteiger partial charge in [-0.25, -0.2) is 12.8 Å². The van der Waals surface area contributed by atoms with Crippen molar-refractivity contribution in [2.75, 3.05) is 0 Å². The number of nitrogens with one attached hydrogen (secondary N) is 1. The fourth-order valence-electron chi connectivity index (χ4n) is 1.65. The maximum Gasteiger partial charge on any atom is 0.322 e. The van der Waals surface area contributed by atoms with Crippen LogP contribution in [0, 0.1) is 24.1 Å². The van der Waals surface area contributed by atoms with Gasteiger partial charge in [-0.05, 0) is 36.5 Å². The van der Waals surface area contributed by atoms with Gasteiger partial charge in [0.05, 0.1) is 10.5 Å². The lowest BCUT2D eigenvalue weighted by Gasteiger charge is -2.20. The molecular weight excluding hydrogens is 297 g/mol. The van der Waals surface area contributed by atoms with Gasteiger partial charge in [0.25, 0.3) is 0 Å². The zero-order valence-corrected chi connectivity index (χ0v) is 12.4. The van der Waals surface area contributed by atoms with Crippen LogP contribution in [0.4, 0.5) is 4.39 Å². The normalized spacial score (nSPS) is 14.2. The minimum atomic E-state index is -4.17. The van der Waals surface area contributed by atoms with Crippen molar-refractivity contribution >= 4 is 16.0 Å². The summed E-state index contributed by atoms with van der Waals surface area (Å²) in [6, 6.07) is 1.62. The number of hydrogen-bond acceptors (Lipinski definition) is 3. The number of sulfonamides is 1. The third-order valence-electron chi connectivity index (χ3n) is 3.15. The molecule has 1 rings (SSSR count). The second kappa shape index (κ2) is 6.70. The molecule has 1 aromatic rings. The molecule has 5 nitrogen and oxygen atoms in total. The van der Waals surface area contributed by atoms with E-state index in [2.05, 4.69) is 4.72 Å². The number of carboxylic acids is 1. The molecule has 2 atom stereocenters. The molecule has 0 fully saturated rings. The van der Waals surface area contributed by atoms with Gasteiger partial charge in [-0.1, -0.05) is 20.3 Å². The van der Waals surface area contributed by atoms with Crippen LogP contribution in [0.2, 0.25) is 0 Å². The van der Waals surface area contributed by atoms with Gasteiger partial charge in [-0.2, -0.15) is 4.72 Å². The molecule has 2 N–H and O–H groups in total. The Morgan fingerprint density at radius 2 is 2.14 bits per heavy atom. The fourth-order valence-corrected chi connectivity index (χ4v) is 2.95. The van der Waals surface area contributed by atoms with Crippen molar-refractivity contribution in [3.05, 3.63) is 36.0 Å². The highest BCUT2D eigenvalue weighted by Crippen LogP contribution is 2.17. The molecule has 0 saturated heterocycles. The van der Waals surface area contributed by atoms with Crippen molar-refractivity contribution < 1.29 is 22.7 Å². The number of halogens is 1. The maximum absolute atomic E-state index is 13.5. The Morgan fingerprint density at radius 1 is 1.52 bits per heavy atom. The number of aliphatic carboxylic acids is 1. The third kappa shape index (κ3) is 4.03. The molecule has 0 heterocycles. The Kier molecular flexibility index (Phi) is 5.47. The number of rotatable bonds is 6. The average Bonchev–Trinajstić information content (AvgIpc) is 2.43. The van der Waals surface area contributed by atoms with Gasteiger partial charge in [-0.3, -0.25) is 4.79 Å². The Hall–Kier alpha value is -1.91. The molecule has 113 valence electrons. The SMILES string of the molecule is [C]#Cc1ccc(S(=O)(=O)NC(C(=O)O)C(C)CC)cc1F. The van der Waals surface area contributed by atoms with Crippen molar-refractivity contribution in [1.29, 1.82) is 0 Å². The maximum atomic E-state index is 13.5. The first-order valence-corrected chi connectivity index (χ1v) is 7.68. The number of hydrogen-bond donors (Lipinski definition) is 2. The summed E-state index contributed by atoms with van der Waals surface area (Å²) >= 11 is 0. The van der Waals surface area contributed by atoms with Crippen LogP contribution in [-0.2, 0) is 14.8 Å². The summed E-state index contributed by atoms with van der Waals surface area (Å²) in [5, 5.41) is 9.09. The third-order valence-corrected chi connectivity index (χ3v) is 4.59. The molecule has 21 heavy (non-hydrogen) atoms. The van der Waals surface area contributed by atoms with Crippen LogP contribution in [0.3, 0.4) is 0 Å². The molecule has 0 aliphatic rings. The van der Waals surface area contributed by atoms with Crippen LogP contribution >= 0.6 is 0 Å². The molecule has 0 spiro atoms. The standard InChI is InChI=1S/C14H15FNO4S/c1-4-9(3)13(14(17)18)16-21(19,20)11-7-6-10(5-2)12(15)8-11/h6-9,13,16H,4H2,1,3H3,(H,17,18). The van der Waals surface area contributed by atoms with Crippen LogP contribution in [-0.4, -0.2) is 25.5 Å². The summed E-state index contributed by atoms with van der Waals surface area (Å²) in [6.07, 6.45) is 7.30. The van der Waals surface area contributed by atoms with E-state index in [1.54, 1.807) is 13.8 Å². The highest BCUT2D eigenvalue weighted by molar-refractivity contribution is 7.89. The molecule has 7 heteroatoms. The molecule has 0 aliphatic heterocycles. The molecule has 0 aromatic heterocycles. The van der Waals surface area contributed by atoms with E-state index in [-0.39, 0.29) is 5.56 Å². The minimum Gasteiger partial charge on any atom is -0.480 e. The molecule has 0 saturated carbocycles. The van der Waals surface area contributed by atoms with Gasteiger partial charge in [0.1, 0.15) is 11.9 Å². The molecular formula is C14H15FNO4S. The first-order chi connectivity index (χ1) is 9.72. The molecule has 0 bridgehead atoms. The van der Waals surface area contributed by atoms with Crippen molar-refractivity contribution in [1.82, 2.24) is 4.72 Å². The average molecular weight is 312 g/mol. The molecule has 2 unspecified atom stereocenters. The Labute approximate surface area is 123 Å². The summed E-state index contributed by atoms with van der Waals surface area (Å²) in [5.41, 5.74) is -0.175. The monoisotopic (exact) mass is 312 g/mol. The van der Waals surface area contributed by atoms with Gasteiger partial charge >= 0.3 is 5.97 Å². The summed E-state index contributed by atoms with van der Waals surface area (Å²) in [7, 11) is -4.17. The molecule has 1 aromatic carbocycles. The minimum absolute atomic E-state index is 0.175. The summed E-state index contributed by atoms with van der Waals surface area (Å²) in [6.45, 7) is 3.35. The van der Waals surface area contributed by atoms with Crippen molar-refractivity contribution in [2.24, 2.45) is 5.92 Å². The van der Waals surface area contributed by atoms with Crippen LogP contribution in [0.5, 0.6) is 0 Å². The largest absolute Gasteiger partial charge is 0.480 e. The van der Waals surface area contributed by atoms with Gasteiger partial charge in [0.15, 0.2) is 0 Å². The first-order valence-electron chi connectivity index (χ1n) is 6.20. The Bertz CT molecular complexity index is 679. The van der Waals surface area contributed by atoms with Crippen LogP contribution in [0.1, 0.15) is 25.8 Å². The zero-order valence-electron chi connectivity index (χ0n) is 11.6. The van der Waals surface area contributed by atoms with Gasteiger partial charge in [0, 0.05) is 0 Å². The number of benzene rings is 1. The lowest BCUT2D eigenvalue weighted by molar-refractivity contribution is -0.140. The van der Waals surface area contributed by atoms with E-state index in [0.717, 1.165) is 18.2 Å². The topological polar surface area (TPSA) is 83.5 Å². The van der Waals surface area contributed by atoms with Crippen molar-refractivity contribution in [3.63, 3.8) is 0 Å². The van der Waals surface area contributed by atoms with Crippen LogP contribution < -0.4 is 4.72 Å². The smallest absolute Gasteiger partial charge is 0.322 e. The summed E-state index contributed by atoms with van der Waals surface area (Å²) in [5.74, 6) is -0.801. The first kappa shape index (κ1) is 17.1.